The van der Waals surface area contributed by atoms with E-state index < -0.39 is 16.1 Å². The summed E-state index contributed by atoms with van der Waals surface area (Å²) in [5.74, 6) is -0.373. The molecule has 0 unspecified atom stereocenters. The number of sulfonamides is 1. The molecule has 0 fully saturated rings. The Labute approximate surface area is 125 Å². The summed E-state index contributed by atoms with van der Waals surface area (Å²) in [6.07, 6.45) is 0. The van der Waals surface area contributed by atoms with E-state index in [2.05, 4.69) is 5.32 Å². The van der Waals surface area contributed by atoms with Gasteiger partial charge in [-0.25, -0.2) is 13.6 Å². The Morgan fingerprint density at radius 2 is 1.85 bits per heavy atom. The number of aryl methyl sites for hydroxylation is 1. The number of carbonyl (C=O) groups excluding carboxylic acids is 1. The molecule has 1 aromatic rings. The fourth-order valence-corrected chi connectivity index (χ4v) is 2.32. The van der Waals surface area contributed by atoms with Gasteiger partial charge < -0.3 is 11.1 Å². The third-order valence-corrected chi connectivity index (χ3v) is 3.84. The van der Waals surface area contributed by atoms with Gasteiger partial charge in [0.15, 0.2) is 0 Å². The number of nitrogens with one attached hydrogen (secondary N) is 1. The summed E-state index contributed by atoms with van der Waals surface area (Å²) >= 11 is 0. The fraction of sp³-hybridized carbons (Fsp3) is 0.417. The van der Waals surface area contributed by atoms with Gasteiger partial charge in [-0.2, -0.15) is 0 Å². The predicted molar refractivity (Wildman–Crippen MR) is 81.2 cm³/mol. The first kappa shape index (κ1) is 18.9. The average molecular weight is 322 g/mol. The lowest BCUT2D eigenvalue weighted by atomic mass is 10.0. The normalized spacial score (nSPS) is 12.7. The van der Waals surface area contributed by atoms with Crippen molar-refractivity contribution in [3.63, 3.8) is 0 Å². The molecule has 0 aliphatic carbocycles. The molecule has 0 radical (unpaired) electrons. The van der Waals surface area contributed by atoms with E-state index in [1.807, 2.05) is 13.8 Å². The maximum Gasteiger partial charge on any atom is 0.241 e. The maximum atomic E-state index is 11.8. The molecule has 1 atom stereocenters. The number of primary sulfonamides is 1. The second kappa shape index (κ2) is 7.03. The Balaban J connectivity index is 0.00000361. The Hall–Kier alpha value is -1.15. The summed E-state index contributed by atoms with van der Waals surface area (Å²) in [7, 11) is -3.81. The highest BCUT2D eigenvalue weighted by Crippen LogP contribution is 2.19. The van der Waals surface area contributed by atoms with Crippen molar-refractivity contribution in [2.75, 3.05) is 5.32 Å². The van der Waals surface area contributed by atoms with Gasteiger partial charge in [0.1, 0.15) is 0 Å². The smallest absolute Gasteiger partial charge is 0.241 e. The monoisotopic (exact) mass is 321 g/mol. The standard InChI is InChI=1S/C12H19N3O3S.ClH/c1-7(2)11(13)12(16)15-9-5-4-8(3)10(6-9)19(14,17)18;/h4-7,11H,13H2,1-3H3,(H,15,16)(H2,14,17,18);1H/t11-;/m0./s1. The van der Waals surface area contributed by atoms with Gasteiger partial charge in [-0.1, -0.05) is 19.9 Å². The van der Waals surface area contributed by atoms with E-state index in [-0.39, 0.29) is 29.1 Å². The SMILES string of the molecule is Cc1ccc(NC(=O)[C@@H](N)C(C)C)cc1S(N)(=O)=O.Cl. The molecule has 1 amide bonds. The lowest BCUT2D eigenvalue weighted by Gasteiger charge is -2.16. The molecule has 8 heteroatoms. The number of anilines is 1. The van der Waals surface area contributed by atoms with Gasteiger partial charge in [0.2, 0.25) is 15.9 Å². The third-order valence-electron chi connectivity index (χ3n) is 2.78. The van der Waals surface area contributed by atoms with Crippen LogP contribution in [0.3, 0.4) is 0 Å². The molecular weight excluding hydrogens is 302 g/mol. The number of carbonyl (C=O) groups is 1. The number of amides is 1. The lowest BCUT2D eigenvalue weighted by molar-refractivity contribution is -0.118. The zero-order valence-corrected chi connectivity index (χ0v) is 13.2. The lowest BCUT2D eigenvalue weighted by Crippen LogP contribution is -2.39. The molecule has 0 aliphatic rings. The van der Waals surface area contributed by atoms with E-state index in [4.69, 9.17) is 10.9 Å². The van der Waals surface area contributed by atoms with Crippen LogP contribution in [0.1, 0.15) is 19.4 Å². The highest BCUT2D eigenvalue weighted by atomic mass is 35.5. The van der Waals surface area contributed by atoms with Gasteiger partial charge in [0.25, 0.3) is 0 Å². The second-order valence-corrected chi connectivity index (χ2v) is 6.31. The van der Waals surface area contributed by atoms with Crippen LogP contribution >= 0.6 is 12.4 Å². The fourth-order valence-electron chi connectivity index (χ4n) is 1.51. The summed E-state index contributed by atoms with van der Waals surface area (Å²) in [5.41, 5.74) is 6.59. The summed E-state index contributed by atoms with van der Waals surface area (Å²) in [6, 6.07) is 3.86. The van der Waals surface area contributed by atoms with E-state index >= 15 is 0 Å². The summed E-state index contributed by atoms with van der Waals surface area (Å²) in [4.78, 5) is 11.8. The number of hydrogen-bond acceptors (Lipinski definition) is 4. The zero-order valence-electron chi connectivity index (χ0n) is 11.6. The minimum Gasteiger partial charge on any atom is -0.325 e. The first-order chi connectivity index (χ1) is 8.62. The maximum absolute atomic E-state index is 11.8. The van der Waals surface area contributed by atoms with Crippen LogP contribution in [0.15, 0.2) is 23.1 Å². The van der Waals surface area contributed by atoms with Crippen molar-refractivity contribution in [1.29, 1.82) is 0 Å². The molecule has 6 nitrogen and oxygen atoms in total. The third kappa shape index (κ3) is 4.75. The number of hydrogen-bond donors (Lipinski definition) is 3. The molecule has 0 heterocycles. The van der Waals surface area contributed by atoms with Crippen LogP contribution < -0.4 is 16.2 Å². The molecule has 20 heavy (non-hydrogen) atoms. The number of halogens is 1. The summed E-state index contributed by atoms with van der Waals surface area (Å²) < 4.78 is 22.7. The van der Waals surface area contributed by atoms with Crippen molar-refractivity contribution in [2.45, 2.75) is 31.7 Å². The molecule has 0 saturated carbocycles. The zero-order chi connectivity index (χ0) is 14.8. The van der Waals surface area contributed by atoms with Crippen LogP contribution in [0.25, 0.3) is 0 Å². The quantitative estimate of drug-likeness (QED) is 0.766. The Bertz CT molecular complexity index is 588. The van der Waals surface area contributed by atoms with Crippen LogP contribution in [0.2, 0.25) is 0 Å². The van der Waals surface area contributed by atoms with Gasteiger partial charge in [-0.3, -0.25) is 4.79 Å². The van der Waals surface area contributed by atoms with Crippen LogP contribution in [-0.2, 0) is 14.8 Å². The molecule has 114 valence electrons. The van der Waals surface area contributed by atoms with E-state index in [9.17, 15) is 13.2 Å². The first-order valence-corrected chi connectivity index (χ1v) is 7.37. The number of rotatable bonds is 4. The molecule has 5 N–H and O–H groups in total. The highest BCUT2D eigenvalue weighted by Gasteiger charge is 2.18. The van der Waals surface area contributed by atoms with E-state index in [0.29, 0.717) is 11.3 Å². The van der Waals surface area contributed by atoms with E-state index in [1.54, 1.807) is 19.1 Å². The number of benzene rings is 1. The Morgan fingerprint density at radius 3 is 2.30 bits per heavy atom. The molecule has 0 aliphatic heterocycles. The molecule has 0 saturated heterocycles. The van der Waals surface area contributed by atoms with Crippen molar-refractivity contribution >= 4 is 34.0 Å². The van der Waals surface area contributed by atoms with Gasteiger partial charge in [0.05, 0.1) is 10.9 Å². The van der Waals surface area contributed by atoms with E-state index in [1.165, 1.54) is 6.07 Å². The van der Waals surface area contributed by atoms with Crippen LogP contribution in [-0.4, -0.2) is 20.4 Å². The van der Waals surface area contributed by atoms with Crippen molar-refractivity contribution in [3.05, 3.63) is 23.8 Å². The summed E-state index contributed by atoms with van der Waals surface area (Å²) in [6.45, 7) is 5.29. The Morgan fingerprint density at radius 1 is 1.30 bits per heavy atom. The molecule has 0 aromatic heterocycles. The van der Waals surface area contributed by atoms with Gasteiger partial charge in [-0.05, 0) is 30.5 Å². The second-order valence-electron chi connectivity index (χ2n) is 4.78. The Kier molecular flexibility index (Phi) is 6.63. The van der Waals surface area contributed by atoms with Crippen molar-refractivity contribution in [1.82, 2.24) is 0 Å². The molecule has 0 bridgehead atoms. The molecule has 1 rings (SSSR count). The first-order valence-electron chi connectivity index (χ1n) is 5.83. The van der Waals surface area contributed by atoms with Crippen molar-refractivity contribution < 1.29 is 13.2 Å². The van der Waals surface area contributed by atoms with E-state index in [0.717, 1.165) is 0 Å². The minimum absolute atomic E-state index is 0. The van der Waals surface area contributed by atoms with Gasteiger partial charge >= 0.3 is 0 Å². The van der Waals surface area contributed by atoms with Gasteiger partial charge in [0, 0.05) is 5.69 Å². The van der Waals surface area contributed by atoms with Crippen molar-refractivity contribution in [3.8, 4) is 0 Å². The predicted octanol–water partition coefficient (Wildman–Crippen LogP) is 0.986. The minimum atomic E-state index is -3.81. The molecular formula is C12H20ClN3O3S. The highest BCUT2D eigenvalue weighted by molar-refractivity contribution is 7.89. The van der Waals surface area contributed by atoms with Crippen LogP contribution in [0.5, 0.6) is 0 Å². The molecule has 0 spiro atoms. The largest absolute Gasteiger partial charge is 0.325 e. The van der Waals surface area contributed by atoms with Gasteiger partial charge in [-0.15, -0.1) is 12.4 Å². The number of nitrogens with two attached hydrogens (primary N) is 2. The van der Waals surface area contributed by atoms with Crippen LogP contribution in [0.4, 0.5) is 5.69 Å². The topological polar surface area (TPSA) is 115 Å². The van der Waals surface area contributed by atoms with Crippen LogP contribution in [0, 0.1) is 12.8 Å². The van der Waals surface area contributed by atoms with Crippen molar-refractivity contribution in [2.24, 2.45) is 16.8 Å². The summed E-state index contributed by atoms with van der Waals surface area (Å²) in [5, 5.41) is 7.68. The molecule has 1 aromatic carbocycles. The average Bonchev–Trinajstić information content (AvgIpc) is 2.28.